The number of carbonyl (C=O) groups excluding carboxylic acids is 4. The van der Waals surface area contributed by atoms with Crippen LogP contribution in [0.2, 0.25) is 0 Å². The number of rotatable bonds is 12. The number of hydrogen-bond donors (Lipinski definition) is 4. The topological polar surface area (TPSA) is 116 Å². The van der Waals surface area contributed by atoms with Crippen LogP contribution in [0.15, 0.2) is 24.3 Å². The molecule has 0 fully saturated rings. The molecule has 1 aromatic carbocycles. The lowest BCUT2D eigenvalue weighted by molar-refractivity contribution is -0.904. The third kappa shape index (κ3) is 12.6. The summed E-state index contributed by atoms with van der Waals surface area (Å²) < 4.78 is 1.62. The summed E-state index contributed by atoms with van der Waals surface area (Å²) in [6.07, 6.45) is 0. The van der Waals surface area contributed by atoms with Gasteiger partial charge in [-0.05, 0) is 52.0 Å². The number of quaternary nitrogens is 2. The molecule has 0 saturated carbocycles. The van der Waals surface area contributed by atoms with Crippen molar-refractivity contribution in [2.75, 3.05) is 77.1 Å². The van der Waals surface area contributed by atoms with Gasteiger partial charge in [0, 0.05) is 11.4 Å². The molecule has 0 bridgehead atoms. The van der Waals surface area contributed by atoms with Gasteiger partial charge in [0.25, 0.3) is 0 Å². The number of nitrogens with zero attached hydrogens (tertiary/aromatic N) is 2. The Bertz CT molecular complexity index is 775. The summed E-state index contributed by atoms with van der Waals surface area (Å²) in [5.74, 6) is -2.92. The van der Waals surface area contributed by atoms with Crippen molar-refractivity contribution in [3.05, 3.63) is 24.3 Å². The first-order valence-electron chi connectivity index (χ1n) is 12.0. The van der Waals surface area contributed by atoms with Crippen molar-refractivity contribution >= 4 is 35.0 Å². The van der Waals surface area contributed by atoms with Gasteiger partial charge in [-0.2, -0.15) is 0 Å². The molecule has 0 aromatic heterocycles. The number of amides is 4. The first-order chi connectivity index (χ1) is 16.0. The predicted octanol–water partition coefficient (Wildman–Crippen LogP) is -5.22. The summed E-state index contributed by atoms with van der Waals surface area (Å²) in [6.45, 7) is 14.4. The largest absolute Gasteiger partial charge is 1.00 e. The highest BCUT2D eigenvalue weighted by Gasteiger charge is 2.20. The van der Waals surface area contributed by atoms with E-state index in [4.69, 9.17) is 0 Å². The molecule has 0 atom stereocenters. The molecule has 0 spiro atoms. The molecule has 4 N–H and O–H groups in total. The molecule has 0 radical (unpaired) electrons. The van der Waals surface area contributed by atoms with Gasteiger partial charge >= 0.3 is 23.6 Å². The number of anilines is 2. The van der Waals surface area contributed by atoms with E-state index in [-0.39, 0.29) is 48.0 Å². The van der Waals surface area contributed by atoms with Crippen LogP contribution in [0.3, 0.4) is 0 Å². The quantitative estimate of drug-likeness (QED) is 0.0978. The zero-order valence-electron chi connectivity index (χ0n) is 22.2. The van der Waals surface area contributed by atoms with Crippen LogP contribution in [0.5, 0.6) is 0 Å². The van der Waals surface area contributed by atoms with Gasteiger partial charge in [0.05, 0.1) is 66.5 Å². The second-order valence-corrected chi connectivity index (χ2v) is 8.95. The predicted molar refractivity (Wildman–Crippen MR) is 134 cm³/mol. The SMILES string of the molecule is CC[N+](C)(CC)CCNC(=O)C(=O)Nc1ccc(NC(=O)C(=O)NCC[N+](C)(CC)CC)cc1.[I-].[I-]. The number of benzene rings is 1. The molecule has 12 heteroatoms. The lowest BCUT2D eigenvalue weighted by atomic mass is 10.2. The smallest absolute Gasteiger partial charge is 0.313 e. The minimum Gasteiger partial charge on any atom is -1.00 e. The fraction of sp³-hybridized carbons (Fsp3) is 0.583. The zero-order chi connectivity index (χ0) is 25.8. The van der Waals surface area contributed by atoms with Crippen molar-refractivity contribution in [3.8, 4) is 0 Å². The first kappa shape index (κ1) is 36.6. The molecule has 4 amide bonds. The lowest BCUT2D eigenvalue weighted by Gasteiger charge is -2.32. The van der Waals surface area contributed by atoms with Gasteiger partial charge in [-0.3, -0.25) is 19.2 Å². The average molecular weight is 732 g/mol. The maximum absolute atomic E-state index is 12.1. The number of carbonyl (C=O) groups is 4. The Labute approximate surface area is 249 Å². The van der Waals surface area contributed by atoms with Crippen LogP contribution in [0.25, 0.3) is 0 Å². The second-order valence-electron chi connectivity index (χ2n) is 8.95. The molecule has 206 valence electrons. The van der Waals surface area contributed by atoms with Gasteiger partial charge < -0.3 is 78.2 Å². The lowest BCUT2D eigenvalue weighted by Crippen LogP contribution is -3.00. The van der Waals surface area contributed by atoms with Gasteiger partial charge in [0.2, 0.25) is 0 Å². The van der Waals surface area contributed by atoms with Gasteiger partial charge in [-0.1, -0.05) is 0 Å². The fourth-order valence-electron chi connectivity index (χ4n) is 3.13. The highest BCUT2D eigenvalue weighted by molar-refractivity contribution is 6.40. The third-order valence-corrected chi connectivity index (χ3v) is 6.74. The Morgan fingerprint density at radius 2 is 0.861 bits per heavy atom. The molecule has 1 aromatic rings. The molecular formula is C24H42I2N6O4. The summed E-state index contributed by atoms with van der Waals surface area (Å²) in [6, 6.07) is 6.19. The number of halogens is 2. The first-order valence-corrected chi connectivity index (χ1v) is 12.0. The maximum Gasteiger partial charge on any atom is 0.313 e. The van der Waals surface area contributed by atoms with Crippen molar-refractivity contribution in [2.45, 2.75) is 27.7 Å². The van der Waals surface area contributed by atoms with E-state index in [1.54, 1.807) is 24.3 Å². The summed E-state index contributed by atoms with van der Waals surface area (Å²) in [5, 5.41) is 10.3. The number of nitrogens with one attached hydrogen (secondary N) is 4. The fourth-order valence-corrected chi connectivity index (χ4v) is 3.13. The van der Waals surface area contributed by atoms with Crippen molar-refractivity contribution < 1.29 is 76.1 Å². The molecule has 0 saturated heterocycles. The minimum atomic E-state index is -0.761. The van der Waals surface area contributed by atoms with E-state index in [0.29, 0.717) is 24.5 Å². The van der Waals surface area contributed by atoms with Crippen LogP contribution in [0.4, 0.5) is 11.4 Å². The molecule has 0 aliphatic carbocycles. The standard InChI is InChI=1S/C24H40N6O4.2HI/c1-7-29(5,8-2)17-15-25-21(31)23(33)27-19-11-13-20(14-12-19)28-24(34)22(32)26-16-18-30(6,9-3)10-4;;/h11-14H,7-10,15-18H2,1-6H3,(H2-2,25,26,27,28,31,32,33,34);2*1H. The van der Waals surface area contributed by atoms with Gasteiger partial charge in [0.1, 0.15) is 0 Å². The maximum atomic E-state index is 12.1. The van der Waals surface area contributed by atoms with Crippen molar-refractivity contribution in [2.24, 2.45) is 0 Å². The van der Waals surface area contributed by atoms with Crippen LogP contribution >= 0.6 is 0 Å². The Morgan fingerprint density at radius 3 is 1.11 bits per heavy atom. The molecule has 36 heavy (non-hydrogen) atoms. The van der Waals surface area contributed by atoms with Crippen LogP contribution in [0, 0.1) is 0 Å². The van der Waals surface area contributed by atoms with E-state index in [1.807, 2.05) is 0 Å². The Hall–Kier alpha value is -1.52. The van der Waals surface area contributed by atoms with E-state index >= 15 is 0 Å². The van der Waals surface area contributed by atoms with Gasteiger partial charge in [-0.25, -0.2) is 0 Å². The van der Waals surface area contributed by atoms with E-state index in [1.165, 1.54) is 0 Å². The van der Waals surface area contributed by atoms with E-state index in [2.05, 4.69) is 63.1 Å². The molecular weight excluding hydrogens is 690 g/mol. The van der Waals surface area contributed by atoms with Crippen molar-refractivity contribution in [1.29, 1.82) is 0 Å². The molecule has 10 nitrogen and oxygen atoms in total. The van der Waals surface area contributed by atoms with Crippen LogP contribution < -0.4 is 69.2 Å². The Morgan fingerprint density at radius 1 is 0.583 bits per heavy atom. The highest BCUT2D eigenvalue weighted by atomic mass is 127. The van der Waals surface area contributed by atoms with E-state index < -0.39 is 23.6 Å². The van der Waals surface area contributed by atoms with Gasteiger partial charge in [0.15, 0.2) is 0 Å². The van der Waals surface area contributed by atoms with E-state index in [0.717, 1.165) is 48.2 Å². The summed E-state index contributed by atoms with van der Waals surface area (Å²) >= 11 is 0. The molecule has 1 rings (SSSR count). The Kier molecular flexibility index (Phi) is 18.2. The monoisotopic (exact) mass is 732 g/mol. The molecule has 0 aliphatic rings. The highest BCUT2D eigenvalue weighted by Crippen LogP contribution is 2.13. The molecule has 0 aliphatic heterocycles. The number of hydrogen-bond acceptors (Lipinski definition) is 4. The number of likely N-dealkylation sites (N-methyl/N-ethyl adjacent to an activating group) is 2. The summed E-state index contributed by atoms with van der Waals surface area (Å²) in [5.41, 5.74) is 0.808. The van der Waals surface area contributed by atoms with Crippen LogP contribution in [0.1, 0.15) is 27.7 Å². The van der Waals surface area contributed by atoms with Crippen molar-refractivity contribution in [3.63, 3.8) is 0 Å². The van der Waals surface area contributed by atoms with Gasteiger partial charge in [-0.15, -0.1) is 0 Å². The zero-order valence-corrected chi connectivity index (χ0v) is 26.6. The molecule has 0 unspecified atom stereocenters. The minimum absolute atomic E-state index is 0. The second kappa shape index (κ2) is 17.9. The van der Waals surface area contributed by atoms with Crippen LogP contribution in [-0.4, -0.2) is 99.0 Å². The Balaban J connectivity index is 0. The third-order valence-electron chi connectivity index (χ3n) is 6.74. The normalized spacial score (nSPS) is 10.8. The molecule has 0 heterocycles. The van der Waals surface area contributed by atoms with E-state index in [9.17, 15) is 19.2 Å². The van der Waals surface area contributed by atoms with Crippen LogP contribution in [-0.2, 0) is 19.2 Å². The summed E-state index contributed by atoms with van der Waals surface area (Å²) in [4.78, 5) is 48.3. The average Bonchev–Trinajstić information content (AvgIpc) is 2.84. The summed E-state index contributed by atoms with van der Waals surface area (Å²) in [7, 11) is 4.20. The van der Waals surface area contributed by atoms with Crippen molar-refractivity contribution in [1.82, 2.24) is 10.6 Å².